The van der Waals surface area contributed by atoms with Crippen LogP contribution in [0.4, 0.5) is 13.6 Å². The van der Waals surface area contributed by atoms with E-state index in [1.807, 2.05) is 36.4 Å². The fourth-order valence-corrected chi connectivity index (χ4v) is 4.70. The summed E-state index contributed by atoms with van der Waals surface area (Å²) in [5, 5.41) is 0. The van der Waals surface area contributed by atoms with Gasteiger partial charge in [-0.05, 0) is 23.3 Å². The minimum absolute atomic E-state index is 0.0562. The van der Waals surface area contributed by atoms with Crippen LogP contribution in [0.2, 0.25) is 0 Å². The highest BCUT2D eigenvalue weighted by molar-refractivity contribution is 6.06. The Labute approximate surface area is 203 Å². The van der Waals surface area contributed by atoms with E-state index in [0.717, 1.165) is 16.5 Å². The van der Waals surface area contributed by atoms with Crippen LogP contribution < -0.4 is 0 Å². The van der Waals surface area contributed by atoms with Gasteiger partial charge < -0.3 is 4.74 Å². The lowest BCUT2D eigenvalue weighted by Crippen LogP contribution is -2.53. The number of nitrogens with zero attached hydrogens (tertiary/aromatic N) is 3. The largest absolute Gasteiger partial charge is 0.446 e. The van der Waals surface area contributed by atoms with Crippen LogP contribution in [0.1, 0.15) is 17.2 Å². The monoisotopic (exact) mass is 479 g/mol. The highest BCUT2D eigenvalue weighted by atomic mass is 19.1. The number of alkyl halides is 1. The first-order chi connectivity index (χ1) is 16.8. The Morgan fingerprint density at radius 2 is 1.83 bits per heavy atom. The SMILES string of the molecule is C=C(F)/C=C\C(=N/C)[C@@H]1CN(Cc2ccccc2)C[C@@]1(F)C(=O)N1C(=O)OC[C@H]1c1ccccc1. The molecule has 2 saturated heterocycles. The Hall–Kier alpha value is -3.65. The molecule has 0 radical (unpaired) electrons. The Balaban J connectivity index is 1.69. The normalized spacial score (nSPS) is 25.3. The van der Waals surface area contributed by atoms with E-state index in [2.05, 4.69) is 11.6 Å². The van der Waals surface area contributed by atoms with Crippen LogP contribution in [-0.2, 0) is 16.1 Å². The second-order valence-electron chi connectivity index (χ2n) is 8.68. The van der Waals surface area contributed by atoms with Crippen molar-refractivity contribution in [3.63, 3.8) is 0 Å². The highest BCUT2D eigenvalue weighted by Gasteiger charge is 2.59. The van der Waals surface area contributed by atoms with Gasteiger partial charge in [0.15, 0.2) is 0 Å². The zero-order valence-electron chi connectivity index (χ0n) is 19.4. The van der Waals surface area contributed by atoms with Gasteiger partial charge in [-0.15, -0.1) is 0 Å². The van der Waals surface area contributed by atoms with Gasteiger partial charge in [-0.25, -0.2) is 18.5 Å². The van der Waals surface area contributed by atoms with E-state index in [1.54, 1.807) is 29.2 Å². The van der Waals surface area contributed by atoms with Gasteiger partial charge in [-0.3, -0.25) is 14.7 Å². The van der Waals surface area contributed by atoms with Crippen molar-refractivity contribution in [3.05, 3.63) is 96.3 Å². The van der Waals surface area contributed by atoms with Crippen molar-refractivity contribution in [2.24, 2.45) is 10.9 Å². The molecule has 2 aromatic carbocycles. The smallest absolute Gasteiger partial charge is 0.417 e. The Morgan fingerprint density at radius 1 is 1.17 bits per heavy atom. The summed E-state index contributed by atoms with van der Waals surface area (Å²) in [4.78, 5) is 33.2. The fourth-order valence-electron chi connectivity index (χ4n) is 4.70. The van der Waals surface area contributed by atoms with Crippen LogP contribution in [0.15, 0.2) is 90.2 Å². The van der Waals surface area contributed by atoms with Gasteiger partial charge in [0.2, 0.25) is 5.67 Å². The predicted octanol–water partition coefficient (Wildman–Crippen LogP) is 4.66. The highest BCUT2D eigenvalue weighted by Crippen LogP contribution is 2.39. The number of ether oxygens (including phenoxy) is 1. The quantitative estimate of drug-likeness (QED) is 0.428. The molecule has 35 heavy (non-hydrogen) atoms. The van der Waals surface area contributed by atoms with Crippen LogP contribution in [0.5, 0.6) is 0 Å². The maximum Gasteiger partial charge on any atom is 0.417 e. The lowest BCUT2D eigenvalue weighted by molar-refractivity contribution is -0.142. The lowest BCUT2D eigenvalue weighted by atomic mass is 9.86. The van der Waals surface area contributed by atoms with Crippen LogP contribution in [0, 0.1) is 5.92 Å². The predicted molar refractivity (Wildman–Crippen MR) is 129 cm³/mol. The van der Waals surface area contributed by atoms with Gasteiger partial charge in [-0.2, -0.15) is 0 Å². The van der Waals surface area contributed by atoms with Crippen molar-refractivity contribution >= 4 is 17.7 Å². The molecule has 6 nitrogen and oxygen atoms in total. The van der Waals surface area contributed by atoms with E-state index < -0.39 is 35.5 Å². The summed E-state index contributed by atoms with van der Waals surface area (Å²) in [5.41, 5.74) is -0.654. The number of amides is 2. The van der Waals surface area contributed by atoms with E-state index >= 15 is 4.39 Å². The molecule has 8 heteroatoms. The van der Waals surface area contributed by atoms with E-state index in [0.29, 0.717) is 12.1 Å². The number of aliphatic imine (C=N–C) groups is 1. The Kier molecular flexibility index (Phi) is 7.21. The molecule has 0 aromatic heterocycles. The summed E-state index contributed by atoms with van der Waals surface area (Å²) < 4.78 is 35.4. The average Bonchev–Trinajstić information content (AvgIpc) is 3.40. The summed E-state index contributed by atoms with van der Waals surface area (Å²) in [5.74, 6) is -2.72. The molecule has 0 saturated carbocycles. The van der Waals surface area contributed by atoms with Gasteiger partial charge in [0, 0.05) is 32.4 Å². The molecule has 2 aliphatic heterocycles. The summed E-state index contributed by atoms with van der Waals surface area (Å²) >= 11 is 0. The number of hydrogen-bond donors (Lipinski definition) is 0. The van der Waals surface area contributed by atoms with E-state index in [4.69, 9.17) is 4.74 Å². The summed E-state index contributed by atoms with van der Waals surface area (Å²) in [7, 11) is 1.46. The first kappa shape index (κ1) is 24.5. The van der Waals surface area contributed by atoms with Crippen LogP contribution >= 0.6 is 0 Å². The number of imide groups is 1. The Bertz CT molecular complexity index is 1150. The molecular formula is C27H27F2N3O3. The van der Waals surface area contributed by atoms with Gasteiger partial charge in [-0.1, -0.05) is 67.2 Å². The topological polar surface area (TPSA) is 62.2 Å². The summed E-state index contributed by atoms with van der Waals surface area (Å²) in [6, 6.07) is 17.7. The van der Waals surface area contributed by atoms with Gasteiger partial charge in [0.1, 0.15) is 18.5 Å². The minimum atomic E-state index is -2.48. The third-order valence-electron chi connectivity index (χ3n) is 6.38. The molecule has 3 atom stereocenters. The van der Waals surface area contributed by atoms with Crippen molar-refractivity contribution in [2.45, 2.75) is 18.3 Å². The number of rotatable bonds is 7. The molecule has 0 aliphatic carbocycles. The fraction of sp³-hybridized carbons (Fsp3) is 0.296. The maximum absolute atomic E-state index is 16.9. The van der Waals surface area contributed by atoms with Crippen molar-refractivity contribution in [1.29, 1.82) is 0 Å². The molecule has 0 unspecified atom stereocenters. The molecular weight excluding hydrogens is 452 g/mol. The third kappa shape index (κ3) is 5.07. The Morgan fingerprint density at radius 3 is 2.46 bits per heavy atom. The third-order valence-corrected chi connectivity index (χ3v) is 6.38. The van der Waals surface area contributed by atoms with Gasteiger partial charge in [0.05, 0.1) is 5.92 Å². The zero-order chi connectivity index (χ0) is 25.0. The van der Waals surface area contributed by atoms with Crippen LogP contribution in [0.3, 0.4) is 0 Å². The molecule has 182 valence electrons. The summed E-state index contributed by atoms with van der Waals surface area (Å²) in [6.45, 7) is 3.45. The molecule has 0 N–H and O–H groups in total. The minimum Gasteiger partial charge on any atom is -0.446 e. The van der Waals surface area contributed by atoms with Crippen molar-refractivity contribution in [3.8, 4) is 0 Å². The van der Waals surface area contributed by atoms with Crippen molar-refractivity contribution < 1.29 is 23.1 Å². The second kappa shape index (κ2) is 10.3. The van der Waals surface area contributed by atoms with Crippen molar-refractivity contribution in [1.82, 2.24) is 9.80 Å². The van der Waals surface area contributed by atoms with Crippen molar-refractivity contribution in [2.75, 3.05) is 26.7 Å². The van der Waals surface area contributed by atoms with E-state index in [9.17, 15) is 14.0 Å². The first-order valence-electron chi connectivity index (χ1n) is 11.3. The molecule has 2 amide bonds. The van der Waals surface area contributed by atoms with Gasteiger partial charge >= 0.3 is 6.09 Å². The second-order valence-corrected chi connectivity index (χ2v) is 8.68. The number of halogens is 2. The number of cyclic esters (lactones) is 1. The molecule has 0 spiro atoms. The van der Waals surface area contributed by atoms with E-state index in [-0.39, 0.29) is 25.4 Å². The standard InChI is InChI=1S/C27H27F2N3O3/c1-19(28)13-14-23(30-2)22-16-31(15-20-9-5-3-6-10-20)18-27(22,29)25(33)32-24(17-35-26(32)34)21-11-7-4-8-12-21/h3-14,22,24H,1,15-18H2,2H3/b14-13-,30-23+/t22-,24-,27-/m0/s1. The van der Waals surface area contributed by atoms with E-state index in [1.165, 1.54) is 13.1 Å². The average molecular weight is 480 g/mol. The number of carbonyl (C=O) groups is 2. The number of benzene rings is 2. The molecule has 2 heterocycles. The first-order valence-corrected chi connectivity index (χ1v) is 11.3. The zero-order valence-corrected chi connectivity index (χ0v) is 19.4. The molecule has 2 fully saturated rings. The van der Waals surface area contributed by atoms with Crippen LogP contribution in [0.25, 0.3) is 0 Å². The number of allylic oxidation sites excluding steroid dienone is 3. The molecule has 0 bridgehead atoms. The van der Waals surface area contributed by atoms with Crippen LogP contribution in [-0.4, -0.2) is 59.9 Å². The molecule has 2 aliphatic rings. The maximum atomic E-state index is 16.9. The van der Waals surface area contributed by atoms with Gasteiger partial charge in [0.25, 0.3) is 5.91 Å². The number of likely N-dealkylation sites (tertiary alicyclic amines) is 1. The number of hydrogen-bond acceptors (Lipinski definition) is 5. The number of carbonyl (C=O) groups excluding carboxylic acids is 2. The molecule has 4 rings (SSSR count). The lowest BCUT2D eigenvalue weighted by Gasteiger charge is -2.30. The molecule has 2 aromatic rings. The summed E-state index contributed by atoms with van der Waals surface area (Å²) in [6.07, 6.45) is 1.53.